The number of H-pyrrole nitrogens is 1. The summed E-state index contributed by atoms with van der Waals surface area (Å²) < 4.78 is 10.7. The van der Waals surface area contributed by atoms with E-state index in [-0.39, 0.29) is 25.2 Å². The third kappa shape index (κ3) is 3.31. The van der Waals surface area contributed by atoms with Crippen molar-refractivity contribution in [2.45, 2.75) is 19.4 Å². The molecule has 1 amide bonds. The Hall–Kier alpha value is -2.94. The van der Waals surface area contributed by atoms with E-state index in [0.29, 0.717) is 11.6 Å². The molecule has 1 aliphatic rings. The summed E-state index contributed by atoms with van der Waals surface area (Å²) in [7, 11) is 0. The maximum Gasteiger partial charge on any atom is 0.231 e. The van der Waals surface area contributed by atoms with E-state index in [4.69, 9.17) is 9.47 Å². The van der Waals surface area contributed by atoms with Crippen molar-refractivity contribution in [3.05, 3.63) is 41.4 Å². The molecule has 0 bridgehead atoms. The average molecular weight is 357 g/mol. The van der Waals surface area contributed by atoms with Crippen molar-refractivity contribution in [1.82, 2.24) is 25.5 Å². The van der Waals surface area contributed by atoms with Crippen LogP contribution in [-0.2, 0) is 11.2 Å². The van der Waals surface area contributed by atoms with Crippen molar-refractivity contribution < 1.29 is 14.3 Å². The number of fused-ring (bicyclic) bond motifs is 1. The lowest BCUT2D eigenvalue weighted by Gasteiger charge is -2.09. The minimum absolute atomic E-state index is 0.119. The first-order valence-corrected chi connectivity index (χ1v) is 8.56. The van der Waals surface area contributed by atoms with Crippen LogP contribution >= 0.6 is 11.3 Å². The van der Waals surface area contributed by atoms with Crippen LogP contribution in [0, 0.1) is 0 Å². The van der Waals surface area contributed by atoms with E-state index in [0.717, 1.165) is 22.0 Å². The summed E-state index contributed by atoms with van der Waals surface area (Å²) in [5, 5.41) is 12.1. The highest BCUT2D eigenvalue weighted by Gasteiger charge is 2.17. The number of hydrogen-bond donors (Lipinski definition) is 2. The topological polar surface area (TPSA) is 102 Å². The molecule has 4 rings (SSSR count). The van der Waals surface area contributed by atoms with Gasteiger partial charge in [0.05, 0.1) is 18.2 Å². The van der Waals surface area contributed by atoms with Gasteiger partial charge in [0.25, 0.3) is 0 Å². The summed E-state index contributed by atoms with van der Waals surface area (Å²) in [4.78, 5) is 20.7. The van der Waals surface area contributed by atoms with Crippen molar-refractivity contribution in [1.29, 1.82) is 0 Å². The number of aromatic amines is 1. The molecule has 25 heavy (non-hydrogen) atoms. The van der Waals surface area contributed by atoms with E-state index < -0.39 is 0 Å². The normalized spacial score (nSPS) is 13.6. The van der Waals surface area contributed by atoms with Gasteiger partial charge in [-0.2, -0.15) is 5.10 Å². The smallest absolute Gasteiger partial charge is 0.231 e. The maximum absolute atomic E-state index is 12.2. The van der Waals surface area contributed by atoms with E-state index in [1.54, 1.807) is 0 Å². The molecule has 1 atom stereocenters. The van der Waals surface area contributed by atoms with Gasteiger partial charge in [-0.15, -0.1) is 11.3 Å². The fourth-order valence-corrected chi connectivity index (χ4v) is 3.32. The molecule has 3 heterocycles. The van der Waals surface area contributed by atoms with E-state index in [1.807, 2.05) is 30.5 Å². The molecule has 0 spiro atoms. The highest BCUT2D eigenvalue weighted by Crippen LogP contribution is 2.36. The van der Waals surface area contributed by atoms with Crippen LogP contribution in [0.1, 0.15) is 24.5 Å². The first-order valence-electron chi connectivity index (χ1n) is 7.68. The highest BCUT2D eigenvalue weighted by molar-refractivity contribution is 7.13. The number of nitrogens with one attached hydrogen (secondary N) is 2. The molecule has 0 radical (unpaired) electrons. The number of thiazole rings is 1. The van der Waals surface area contributed by atoms with Crippen LogP contribution in [0.15, 0.2) is 29.9 Å². The van der Waals surface area contributed by atoms with E-state index in [9.17, 15) is 4.79 Å². The van der Waals surface area contributed by atoms with Gasteiger partial charge in [0.15, 0.2) is 11.5 Å². The summed E-state index contributed by atoms with van der Waals surface area (Å²) in [6.07, 6.45) is 1.62. The van der Waals surface area contributed by atoms with Gasteiger partial charge in [-0.25, -0.2) is 9.97 Å². The monoisotopic (exact) mass is 357 g/mol. The Morgan fingerprint density at radius 3 is 3.12 bits per heavy atom. The van der Waals surface area contributed by atoms with Gasteiger partial charge in [0, 0.05) is 10.9 Å². The summed E-state index contributed by atoms with van der Waals surface area (Å²) >= 11 is 1.49. The molecule has 3 aromatic rings. The minimum Gasteiger partial charge on any atom is -0.454 e. The lowest BCUT2D eigenvalue weighted by atomic mass is 10.2. The molecule has 1 aliphatic heterocycles. The third-order valence-electron chi connectivity index (χ3n) is 3.73. The number of benzene rings is 1. The first kappa shape index (κ1) is 15.6. The van der Waals surface area contributed by atoms with Crippen molar-refractivity contribution >= 4 is 17.2 Å². The Bertz CT molecular complexity index is 893. The van der Waals surface area contributed by atoms with Gasteiger partial charge in [-0.05, 0) is 25.1 Å². The first-order chi connectivity index (χ1) is 12.2. The molecule has 128 valence electrons. The Morgan fingerprint density at radius 2 is 2.28 bits per heavy atom. The molecule has 0 saturated heterocycles. The van der Waals surface area contributed by atoms with Gasteiger partial charge >= 0.3 is 0 Å². The Kier molecular flexibility index (Phi) is 4.06. The lowest BCUT2D eigenvalue weighted by molar-refractivity contribution is -0.121. The molecule has 0 saturated carbocycles. The van der Waals surface area contributed by atoms with Crippen molar-refractivity contribution in [3.8, 4) is 22.1 Å². The number of carbonyl (C=O) groups is 1. The van der Waals surface area contributed by atoms with Crippen molar-refractivity contribution in [3.63, 3.8) is 0 Å². The molecular formula is C16H15N5O3S. The number of carbonyl (C=O) groups excluding carboxylic acids is 1. The highest BCUT2D eigenvalue weighted by atomic mass is 32.1. The number of aromatic nitrogens is 4. The summed E-state index contributed by atoms with van der Waals surface area (Å²) in [6, 6.07) is 5.46. The number of ether oxygens (including phenoxy) is 2. The Balaban J connectivity index is 1.42. The quantitative estimate of drug-likeness (QED) is 0.725. The number of nitrogens with zero attached hydrogens (tertiary/aromatic N) is 3. The Morgan fingerprint density at radius 1 is 1.40 bits per heavy atom. The Labute approximate surface area is 147 Å². The molecule has 0 fully saturated rings. The second-order valence-electron chi connectivity index (χ2n) is 5.55. The molecule has 1 aromatic carbocycles. The molecule has 8 nitrogen and oxygen atoms in total. The summed E-state index contributed by atoms with van der Waals surface area (Å²) in [6.45, 7) is 2.09. The fourth-order valence-electron chi connectivity index (χ4n) is 2.50. The lowest BCUT2D eigenvalue weighted by Crippen LogP contribution is -2.28. The third-order valence-corrected chi connectivity index (χ3v) is 4.67. The molecule has 2 aromatic heterocycles. The zero-order chi connectivity index (χ0) is 17.2. The fraction of sp³-hybridized carbons (Fsp3) is 0.250. The zero-order valence-electron chi connectivity index (χ0n) is 13.4. The number of hydrogen-bond acceptors (Lipinski definition) is 7. The maximum atomic E-state index is 12.2. The van der Waals surface area contributed by atoms with Gasteiger partial charge in [0.1, 0.15) is 17.2 Å². The SMILES string of the molecule is C[C@@H](NC(=O)Cc1csc(-c2ccc3c(c2)OCO3)n1)c1ncn[nH]1. The molecule has 9 heteroatoms. The molecule has 2 N–H and O–H groups in total. The van der Waals surface area contributed by atoms with Crippen LogP contribution in [0.5, 0.6) is 11.5 Å². The van der Waals surface area contributed by atoms with Crippen LogP contribution in [-0.4, -0.2) is 32.9 Å². The number of rotatable bonds is 5. The zero-order valence-corrected chi connectivity index (χ0v) is 14.2. The largest absolute Gasteiger partial charge is 0.454 e. The standard InChI is InChI=1S/C16H15N5O3S/c1-9(15-17-7-18-21-15)19-14(22)5-11-6-25-16(20-11)10-2-3-12-13(4-10)24-8-23-12/h2-4,6-7,9H,5,8H2,1H3,(H,19,22)(H,17,18,21)/t9-/m1/s1. The van der Waals surface area contributed by atoms with Gasteiger partial charge in [0.2, 0.25) is 12.7 Å². The summed E-state index contributed by atoms with van der Waals surface area (Å²) in [5.74, 6) is 1.95. The minimum atomic E-state index is -0.234. The van der Waals surface area contributed by atoms with Crippen LogP contribution in [0.25, 0.3) is 10.6 Å². The van der Waals surface area contributed by atoms with E-state index >= 15 is 0 Å². The van der Waals surface area contributed by atoms with Crippen LogP contribution in [0.3, 0.4) is 0 Å². The van der Waals surface area contributed by atoms with E-state index in [1.165, 1.54) is 17.7 Å². The predicted molar refractivity (Wildman–Crippen MR) is 90.3 cm³/mol. The van der Waals surface area contributed by atoms with Crippen LogP contribution in [0.4, 0.5) is 0 Å². The van der Waals surface area contributed by atoms with Gasteiger partial charge < -0.3 is 14.8 Å². The van der Waals surface area contributed by atoms with Crippen molar-refractivity contribution in [2.75, 3.05) is 6.79 Å². The van der Waals surface area contributed by atoms with Gasteiger partial charge in [-0.3, -0.25) is 9.89 Å². The van der Waals surface area contributed by atoms with Crippen LogP contribution < -0.4 is 14.8 Å². The second kappa shape index (κ2) is 6.52. The second-order valence-corrected chi connectivity index (χ2v) is 6.41. The van der Waals surface area contributed by atoms with Gasteiger partial charge in [-0.1, -0.05) is 0 Å². The number of amides is 1. The summed E-state index contributed by atoms with van der Waals surface area (Å²) in [5.41, 5.74) is 1.66. The average Bonchev–Trinajstić information content (AvgIpc) is 3.35. The molecular weight excluding hydrogens is 342 g/mol. The van der Waals surface area contributed by atoms with E-state index in [2.05, 4.69) is 25.5 Å². The molecule has 0 aliphatic carbocycles. The van der Waals surface area contributed by atoms with Crippen LogP contribution in [0.2, 0.25) is 0 Å². The predicted octanol–water partition coefficient (Wildman–Crippen LogP) is 2.08. The molecule has 0 unspecified atom stereocenters. The van der Waals surface area contributed by atoms with Crippen molar-refractivity contribution in [2.24, 2.45) is 0 Å².